The molecule has 1 unspecified atom stereocenters. The van der Waals surface area contributed by atoms with E-state index in [9.17, 15) is 23.1 Å². The minimum Gasteiger partial charge on any atom is -0.480 e. The van der Waals surface area contributed by atoms with Gasteiger partial charge in [-0.3, -0.25) is 0 Å². The normalized spacial score (nSPS) is 22.1. The maximum atomic E-state index is 12.7. The molecule has 2 heterocycles. The van der Waals surface area contributed by atoms with Crippen molar-refractivity contribution in [3.05, 3.63) is 18.0 Å². The van der Waals surface area contributed by atoms with Gasteiger partial charge in [-0.2, -0.15) is 13.2 Å². The van der Waals surface area contributed by atoms with E-state index in [0.717, 1.165) is 12.3 Å². The summed E-state index contributed by atoms with van der Waals surface area (Å²) in [7, 11) is 0. The van der Waals surface area contributed by atoms with Crippen molar-refractivity contribution in [3.8, 4) is 0 Å². The van der Waals surface area contributed by atoms with E-state index in [0.29, 0.717) is 19.4 Å². The maximum absolute atomic E-state index is 12.7. The second kappa shape index (κ2) is 5.16. The second-order valence-electron chi connectivity index (χ2n) is 5.77. The third kappa shape index (κ3) is 3.08. The van der Waals surface area contributed by atoms with Crippen LogP contribution in [-0.2, 0) is 11.0 Å². The fourth-order valence-corrected chi connectivity index (χ4v) is 2.72. The Morgan fingerprint density at radius 1 is 1.48 bits per heavy atom. The van der Waals surface area contributed by atoms with Crippen LogP contribution in [0, 0.1) is 5.41 Å². The van der Waals surface area contributed by atoms with E-state index < -0.39 is 29.3 Å². The highest BCUT2D eigenvalue weighted by molar-refractivity contribution is 5.78. The molecule has 8 heteroatoms. The van der Waals surface area contributed by atoms with E-state index in [2.05, 4.69) is 9.97 Å². The Hall–Kier alpha value is -1.86. The smallest absolute Gasteiger partial charge is 0.433 e. The average molecular weight is 303 g/mol. The number of carbonyl (C=O) groups is 1. The van der Waals surface area contributed by atoms with E-state index >= 15 is 0 Å². The molecule has 1 fully saturated rings. The molecule has 21 heavy (non-hydrogen) atoms. The van der Waals surface area contributed by atoms with Gasteiger partial charge in [0.1, 0.15) is 11.7 Å². The first-order valence-electron chi connectivity index (χ1n) is 6.52. The Bertz CT molecular complexity index is 546. The van der Waals surface area contributed by atoms with Gasteiger partial charge in [0.05, 0.1) is 0 Å². The van der Waals surface area contributed by atoms with Crippen molar-refractivity contribution in [2.75, 3.05) is 11.4 Å². The van der Waals surface area contributed by atoms with E-state index in [1.807, 2.05) is 0 Å². The van der Waals surface area contributed by atoms with Crippen LogP contribution < -0.4 is 4.90 Å². The summed E-state index contributed by atoms with van der Waals surface area (Å²) in [4.78, 5) is 20.2. The summed E-state index contributed by atoms with van der Waals surface area (Å²) < 4.78 is 38.2. The number of anilines is 1. The topological polar surface area (TPSA) is 66.3 Å². The molecule has 1 saturated heterocycles. The third-order valence-corrected chi connectivity index (χ3v) is 3.70. The van der Waals surface area contributed by atoms with E-state index in [1.165, 1.54) is 4.90 Å². The Balaban J connectivity index is 2.42. The summed E-state index contributed by atoms with van der Waals surface area (Å²) in [6, 6.07) is -0.177. The van der Waals surface area contributed by atoms with E-state index in [4.69, 9.17) is 0 Å². The Kier molecular flexibility index (Phi) is 3.81. The van der Waals surface area contributed by atoms with E-state index in [1.54, 1.807) is 13.8 Å². The summed E-state index contributed by atoms with van der Waals surface area (Å²) in [5.41, 5.74) is -1.64. The molecule has 0 aliphatic carbocycles. The summed E-state index contributed by atoms with van der Waals surface area (Å²) in [5, 5.41) is 9.42. The Labute approximate surface area is 119 Å². The van der Waals surface area contributed by atoms with Crippen LogP contribution in [0.5, 0.6) is 0 Å². The number of aromatic nitrogens is 2. The predicted octanol–water partition coefficient (Wildman–Crippen LogP) is 2.58. The number of halogens is 3. The Morgan fingerprint density at radius 2 is 2.14 bits per heavy atom. The van der Waals surface area contributed by atoms with Gasteiger partial charge < -0.3 is 10.0 Å². The monoisotopic (exact) mass is 303 g/mol. The molecule has 1 aliphatic rings. The molecule has 2 rings (SSSR count). The zero-order valence-electron chi connectivity index (χ0n) is 11.7. The molecule has 1 aromatic heterocycles. The standard InChI is InChI=1S/C13H16F3N3O2/c1-12(2)5-3-7-19(9(12)10(20)21)11-17-6-4-8(18-11)13(14,15)16/h4,6,9H,3,5,7H2,1-2H3,(H,20,21). The highest BCUT2D eigenvalue weighted by atomic mass is 19.4. The average Bonchev–Trinajstić information content (AvgIpc) is 2.36. The molecular weight excluding hydrogens is 287 g/mol. The molecular formula is C13H16F3N3O2. The SMILES string of the molecule is CC1(C)CCCN(c2nccc(C(F)(F)F)n2)C1C(=O)O. The number of aliphatic carboxylic acids is 1. The highest BCUT2D eigenvalue weighted by Gasteiger charge is 2.44. The zero-order valence-corrected chi connectivity index (χ0v) is 11.7. The van der Waals surface area contributed by atoms with Crippen molar-refractivity contribution in [1.82, 2.24) is 9.97 Å². The lowest BCUT2D eigenvalue weighted by Crippen LogP contribution is -2.55. The summed E-state index contributed by atoms with van der Waals surface area (Å²) >= 11 is 0. The first kappa shape index (κ1) is 15.5. The maximum Gasteiger partial charge on any atom is 0.433 e. The fraction of sp³-hybridized carbons (Fsp3) is 0.615. The number of carboxylic acids is 1. The van der Waals surface area contributed by atoms with Gasteiger partial charge in [0.15, 0.2) is 0 Å². The van der Waals surface area contributed by atoms with Crippen LogP contribution in [0.3, 0.4) is 0 Å². The van der Waals surface area contributed by atoms with Crippen molar-refractivity contribution in [1.29, 1.82) is 0 Å². The van der Waals surface area contributed by atoms with Gasteiger partial charge in [-0.25, -0.2) is 14.8 Å². The quantitative estimate of drug-likeness (QED) is 0.909. The van der Waals surface area contributed by atoms with Crippen molar-refractivity contribution in [3.63, 3.8) is 0 Å². The van der Waals surface area contributed by atoms with Gasteiger partial charge >= 0.3 is 12.1 Å². The molecule has 116 valence electrons. The first-order chi connectivity index (χ1) is 9.63. The van der Waals surface area contributed by atoms with Crippen molar-refractivity contribution >= 4 is 11.9 Å². The fourth-order valence-electron chi connectivity index (χ4n) is 2.72. The summed E-state index contributed by atoms with van der Waals surface area (Å²) in [6.45, 7) is 3.89. The molecule has 1 atom stereocenters. The van der Waals surface area contributed by atoms with Crippen LogP contribution in [-0.4, -0.2) is 33.6 Å². The molecule has 1 N–H and O–H groups in total. The lowest BCUT2D eigenvalue weighted by molar-refractivity contribution is -0.142. The third-order valence-electron chi connectivity index (χ3n) is 3.70. The van der Waals surface area contributed by atoms with Gasteiger partial charge in [-0.15, -0.1) is 0 Å². The minimum atomic E-state index is -4.58. The molecule has 0 bridgehead atoms. The molecule has 0 radical (unpaired) electrons. The van der Waals surface area contributed by atoms with Gasteiger partial charge in [0.25, 0.3) is 0 Å². The van der Waals surface area contributed by atoms with Gasteiger partial charge in [-0.05, 0) is 24.3 Å². The largest absolute Gasteiger partial charge is 0.480 e. The number of hydrogen-bond acceptors (Lipinski definition) is 4. The zero-order chi connectivity index (χ0) is 15.8. The van der Waals surface area contributed by atoms with Crippen LogP contribution >= 0.6 is 0 Å². The molecule has 0 saturated carbocycles. The van der Waals surface area contributed by atoms with Crippen LogP contribution in [0.25, 0.3) is 0 Å². The van der Waals surface area contributed by atoms with Gasteiger partial charge in [0.2, 0.25) is 5.95 Å². The van der Waals surface area contributed by atoms with Crippen LogP contribution in [0.1, 0.15) is 32.4 Å². The first-order valence-corrected chi connectivity index (χ1v) is 6.52. The number of piperidine rings is 1. The predicted molar refractivity (Wildman–Crippen MR) is 68.8 cm³/mol. The molecule has 5 nitrogen and oxygen atoms in total. The minimum absolute atomic E-state index is 0.190. The lowest BCUT2D eigenvalue weighted by atomic mass is 9.76. The number of rotatable bonds is 2. The molecule has 0 amide bonds. The van der Waals surface area contributed by atoms with Crippen LogP contribution in [0.2, 0.25) is 0 Å². The summed E-state index contributed by atoms with van der Waals surface area (Å²) in [6.07, 6.45) is -2.22. The molecule has 0 spiro atoms. The van der Waals surface area contributed by atoms with Crippen LogP contribution in [0.15, 0.2) is 12.3 Å². The van der Waals surface area contributed by atoms with Gasteiger partial charge in [0, 0.05) is 12.7 Å². The van der Waals surface area contributed by atoms with Crippen molar-refractivity contribution in [2.45, 2.75) is 38.9 Å². The molecule has 1 aliphatic heterocycles. The van der Waals surface area contributed by atoms with Crippen molar-refractivity contribution in [2.24, 2.45) is 5.41 Å². The van der Waals surface area contributed by atoms with E-state index in [-0.39, 0.29) is 5.95 Å². The van der Waals surface area contributed by atoms with Crippen LogP contribution in [0.4, 0.5) is 19.1 Å². The number of alkyl halides is 3. The lowest BCUT2D eigenvalue weighted by Gasteiger charge is -2.43. The number of hydrogen-bond donors (Lipinski definition) is 1. The molecule has 1 aromatic rings. The Morgan fingerprint density at radius 3 is 2.71 bits per heavy atom. The molecule has 0 aromatic carbocycles. The van der Waals surface area contributed by atoms with Crippen molar-refractivity contribution < 1.29 is 23.1 Å². The highest BCUT2D eigenvalue weighted by Crippen LogP contribution is 2.37. The van der Waals surface area contributed by atoms with Gasteiger partial charge in [-0.1, -0.05) is 13.8 Å². The number of nitrogens with zero attached hydrogens (tertiary/aromatic N) is 3. The number of carboxylic acid groups (broad SMARTS) is 1. The summed E-state index contributed by atoms with van der Waals surface area (Å²) in [5.74, 6) is -1.27. The second-order valence-corrected chi connectivity index (χ2v) is 5.77.